The summed E-state index contributed by atoms with van der Waals surface area (Å²) in [6.07, 6.45) is 5.33. The van der Waals surface area contributed by atoms with E-state index in [4.69, 9.17) is 21.1 Å². The highest BCUT2D eigenvalue weighted by molar-refractivity contribution is 6.31. The molecule has 8 heteroatoms. The van der Waals surface area contributed by atoms with Crippen LogP contribution < -0.4 is 15.4 Å². The second kappa shape index (κ2) is 11.7. The average Bonchev–Trinajstić information content (AvgIpc) is 3.14. The van der Waals surface area contributed by atoms with Crippen molar-refractivity contribution in [2.24, 2.45) is 0 Å². The van der Waals surface area contributed by atoms with Gasteiger partial charge in [-0.2, -0.15) is 0 Å². The van der Waals surface area contributed by atoms with Crippen molar-refractivity contribution in [1.82, 2.24) is 15.5 Å². The molecule has 3 fully saturated rings. The Hall–Kier alpha value is -2.19. The Balaban J connectivity index is 1.14. The van der Waals surface area contributed by atoms with E-state index in [-0.39, 0.29) is 23.1 Å². The van der Waals surface area contributed by atoms with Crippen molar-refractivity contribution in [2.45, 2.75) is 70.2 Å². The van der Waals surface area contributed by atoms with Gasteiger partial charge in [-0.25, -0.2) is 4.39 Å². The zero-order chi connectivity index (χ0) is 25.9. The highest BCUT2D eigenvalue weighted by atomic mass is 35.5. The summed E-state index contributed by atoms with van der Waals surface area (Å²) in [6, 6.07) is 9.54. The highest BCUT2D eigenvalue weighted by Gasteiger charge is 2.40. The zero-order valence-corrected chi connectivity index (χ0v) is 22.5. The molecule has 0 radical (unpaired) electrons. The first-order valence-electron chi connectivity index (χ1n) is 13.4. The largest absolute Gasteiger partial charge is 0.491 e. The fraction of sp³-hybridized carbons (Fsp3) is 0.552. The normalized spacial score (nSPS) is 25.7. The van der Waals surface area contributed by atoms with Crippen LogP contribution in [0.5, 0.6) is 5.75 Å². The second-order valence-electron chi connectivity index (χ2n) is 10.6. The molecule has 0 spiro atoms. The van der Waals surface area contributed by atoms with Crippen molar-refractivity contribution in [3.05, 3.63) is 63.4 Å². The van der Waals surface area contributed by atoms with Gasteiger partial charge in [-0.1, -0.05) is 17.7 Å². The van der Waals surface area contributed by atoms with Gasteiger partial charge in [0.25, 0.3) is 5.91 Å². The molecule has 3 aliphatic heterocycles. The lowest BCUT2D eigenvalue weighted by atomic mass is 9.95. The minimum absolute atomic E-state index is 0.0248. The van der Waals surface area contributed by atoms with E-state index < -0.39 is 5.82 Å². The van der Waals surface area contributed by atoms with Crippen LogP contribution in [-0.4, -0.2) is 67.9 Å². The fourth-order valence-corrected chi connectivity index (χ4v) is 6.28. The van der Waals surface area contributed by atoms with Gasteiger partial charge in [0, 0.05) is 43.3 Å². The summed E-state index contributed by atoms with van der Waals surface area (Å²) >= 11 is 5.86. The number of nitrogens with zero attached hydrogens (tertiary/aromatic N) is 1. The standard InChI is InChI=1S/C29H37ClFN3O3/c1-18-19(2)28(37-17-25-16-32-10-12-36-25)8-4-20(18)9-11-34-23-5-6-24(34)15-22(14-23)33-29(35)21-3-7-27(31)26(30)13-21/h3-4,7-8,13,22-25,32H,5-6,9-12,14-17H2,1-2H3,(H,33,35). The van der Waals surface area contributed by atoms with Gasteiger partial charge in [0.1, 0.15) is 24.3 Å². The average molecular weight is 530 g/mol. The van der Waals surface area contributed by atoms with Crippen LogP contribution in [0.3, 0.4) is 0 Å². The van der Waals surface area contributed by atoms with Crippen molar-refractivity contribution in [2.75, 3.05) is 32.8 Å². The molecule has 0 aromatic heterocycles. The first-order chi connectivity index (χ1) is 17.9. The van der Waals surface area contributed by atoms with Crippen LogP contribution >= 0.6 is 11.6 Å². The number of halogens is 2. The van der Waals surface area contributed by atoms with E-state index in [0.29, 0.717) is 24.3 Å². The molecule has 2 aromatic carbocycles. The number of morpholine rings is 1. The first kappa shape index (κ1) is 26.4. The molecule has 2 bridgehead atoms. The molecule has 2 aromatic rings. The number of hydrogen-bond donors (Lipinski definition) is 2. The predicted octanol–water partition coefficient (Wildman–Crippen LogP) is 4.43. The molecule has 2 N–H and O–H groups in total. The maximum absolute atomic E-state index is 13.5. The topological polar surface area (TPSA) is 62.8 Å². The third-order valence-corrected chi connectivity index (χ3v) is 8.61. The Morgan fingerprint density at radius 3 is 2.68 bits per heavy atom. The minimum Gasteiger partial charge on any atom is -0.491 e. The van der Waals surface area contributed by atoms with Crippen molar-refractivity contribution in [1.29, 1.82) is 0 Å². The fourth-order valence-electron chi connectivity index (χ4n) is 6.10. The van der Waals surface area contributed by atoms with Crippen LogP contribution in [0.15, 0.2) is 30.3 Å². The van der Waals surface area contributed by atoms with Crippen molar-refractivity contribution in [3.63, 3.8) is 0 Å². The van der Waals surface area contributed by atoms with Crippen molar-refractivity contribution < 1.29 is 18.7 Å². The van der Waals surface area contributed by atoms with E-state index in [1.807, 2.05) is 0 Å². The summed E-state index contributed by atoms with van der Waals surface area (Å²) < 4.78 is 25.3. The Morgan fingerprint density at radius 2 is 1.97 bits per heavy atom. The molecule has 6 nitrogen and oxygen atoms in total. The molecule has 3 saturated heterocycles. The van der Waals surface area contributed by atoms with Crippen LogP contribution in [0.25, 0.3) is 0 Å². The number of piperidine rings is 1. The number of ether oxygens (including phenoxy) is 2. The summed E-state index contributed by atoms with van der Waals surface area (Å²) in [5.74, 6) is 0.248. The molecule has 3 aliphatic rings. The van der Waals surface area contributed by atoms with Gasteiger partial charge < -0.3 is 20.1 Å². The second-order valence-corrected chi connectivity index (χ2v) is 11.0. The molecular formula is C29H37ClFN3O3. The molecule has 5 rings (SSSR count). The molecular weight excluding hydrogens is 493 g/mol. The number of hydrogen-bond acceptors (Lipinski definition) is 5. The summed E-state index contributed by atoms with van der Waals surface area (Å²) in [5.41, 5.74) is 4.27. The SMILES string of the molecule is Cc1c(CCN2C3CCC2CC(NC(=O)c2ccc(F)c(Cl)c2)C3)ccc(OCC2CNCCO2)c1C. The summed E-state index contributed by atoms with van der Waals surface area (Å²) in [4.78, 5) is 15.4. The minimum atomic E-state index is -0.510. The number of benzene rings is 2. The third-order valence-electron chi connectivity index (χ3n) is 8.32. The van der Waals surface area contributed by atoms with E-state index in [0.717, 1.165) is 51.3 Å². The first-order valence-corrected chi connectivity index (χ1v) is 13.8. The molecule has 37 heavy (non-hydrogen) atoms. The third kappa shape index (κ3) is 6.11. The van der Waals surface area contributed by atoms with Crippen LogP contribution in [0.2, 0.25) is 5.02 Å². The van der Waals surface area contributed by atoms with Gasteiger partial charge in [0.2, 0.25) is 0 Å². The van der Waals surface area contributed by atoms with Gasteiger partial charge in [-0.05, 0) is 86.9 Å². The van der Waals surface area contributed by atoms with Gasteiger partial charge in [0.05, 0.1) is 11.6 Å². The Bertz CT molecular complexity index is 1110. The number of carbonyl (C=O) groups is 1. The molecule has 0 saturated carbocycles. The lowest BCUT2D eigenvalue weighted by Crippen LogP contribution is -2.50. The van der Waals surface area contributed by atoms with Crippen LogP contribution in [0, 0.1) is 19.7 Å². The number of fused-ring (bicyclic) bond motifs is 2. The van der Waals surface area contributed by atoms with Gasteiger partial charge >= 0.3 is 0 Å². The van der Waals surface area contributed by atoms with E-state index in [1.165, 1.54) is 47.7 Å². The van der Waals surface area contributed by atoms with E-state index in [2.05, 4.69) is 41.5 Å². The van der Waals surface area contributed by atoms with E-state index in [1.54, 1.807) is 0 Å². The van der Waals surface area contributed by atoms with Crippen molar-refractivity contribution >= 4 is 17.5 Å². The lowest BCUT2D eigenvalue weighted by Gasteiger charge is -2.39. The molecule has 3 atom stereocenters. The monoisotopic (exact) mass is 529 g/mol. The number of amides is 1. The van der Waals surface area contributed by atoms with Gasteiger partial charge in [0.15, 0.2) is 0 Å². The molecule has 3 unspecified atom stereocenters. The van der Waals surface area contributed by atoms with E-state index >= 15 is 0 Å². The molecule has 200 valence electrons. The maximum atomic E-state index is 13.5. The molecule has 3 heterocycles. The Labute approximate surface area is 223 Å². The number of nitrogens with one attached hydrogen (secondary N) is 2. The maximum Gasteiger partial charge on any atom is 0.251 e. The van der Waals surface area contributed by atoms with Gasteiger partial charge in [-0.15, -0.1) is 0 Å². The zero-order valence-electron chi connectivity index (χ0n) is 21.7. The molecule has 0 aliphatic carbocycles. The highest BCUT2D eigenvalue weighted by Crippen LogP contribution is 2.36. The Morgan fingerprint density at radius 1 is 1.19 bits per heavy atom. The number of rotatable bonds is 8. The summed E-state index contributed by atoms with van der Waals surface area (Å²) in [5, 5.41) is 6.48. The summed E-state index contributed by atoms with van der Waals surface area (Å²) in [7, 11) is 0. The molecule has 1 amide bonds. The quantitative estimate of drug-likeness (QED) is 0.530. The lowest BCUT2D eigenvalue weighted by molar-refractivity contribution is 0.0000500. The summed E-state index contributed by atoms with van der Waals surface area (Å²) in [6.45, 7) is 8.39. The van der Waals surface area contributed by atoms with Crippen LogP contribution in [-0.2, 0) is 11.2 Å². The van der Waals surface area contributed by atoms with Crippen LogP contribution in [0.1, 0.15) is 52.7 Å². The van der Waals surface area contributed by atoms with Gasteiger partial charge in [-0.3, -0.25) is 9.69 Å². The predicted molar refractivity (Wildman–Crippen MR) is 143 cm³/mol. The van der Waals surface area contributed by atoms with E-state index in [9.17, 15) is 9.18 Å². The number of carbonyl (C=O) groups excluding carboxylic acids is 1. The van der Waals surface area contributed by atoms with Crippen LogP contribution in [0.4, 0.5) is 4.39 Å². The smallest absolute Gasteiger partial charge is 0.251 e. The Kier molecular flexibility index (Phi) is 8.34. The van der Waals surface area contributed by atoms with Crippen molar-refractivity contribution in [3.8, 4) is 5.75 Å².